The van der Waals surface area contributed by atoms with Crippen molar-refractivity contribution in [1.29, 1.82) is 0 Å². The summed E-state index contributed by atoms with van der Waals surface area (Å²) < 4.78 is 0. The molecule has 1 atom stereocenters. The van der Waals surface area contributed by atoms with E-state index in [2.05, 4.69) is 41.0 Å². The molecule has 2 aromatic rings. The zero-order valence-corrected chi connectivity index (χ0v) is 14.4. The fraction of sp³-hybridized carbons (Fsp3) is 0.529. The molecule has 0 aliphatic heterocycles. The first-order valence-corrected chi connectivity index (χ1v) is 8.42. The third kappa shape index (κ3) is 4.55. The summed E-state index contributed by atoms with van der Waals surface area (Å²) in [5, 5.41) is 4.04. The van der Waals surface area contributed by atoms with Gasteiger partial charge in [0.1, 0.15) is 10.7 Å². The Balaban J connectivity index is 1.97. The first kappa shape index (κ1) is 17.0. The number of rotatable bonds is 8. The quantitative estimate of drug-likeness (QED) is 0.740. The highest BCUT2D eigenvalue weighted by molar-refractivity contribution is 6.29. The molecule has 22 heavy (non-hydrogen) atoms. The van der Waals surface area contributed by atoms with E-state index in [0.717, 1.165) is 42.8 Å². The number of anilines is 1. The number of hydrogen-bond donors (Lipinski definition) is 1. The highest BCUT2D eigenvalue weighted by Gasteiger charge is 2.08. The van der Waals surface area contributed by atoms with Crippen LogP contribution in [0.1, 0.15) is 33.6 Å². The number of fused-ring (bicyclic) bond motifs is 1. The van der Waals surface area contributed by atoms with E-state index in [1.807, 2.05) is 18.3 Å². The molecule has 2 heterocycles. The monoisotopic (exact) mass is 320 g/mol. The molecule has 0 amide bonds. The second kappa shape index (κ2) is 8.30. The topological polar surface area (TPSA) is 41.0 Å². The summed E-state index contributed by atoms with van der Waals surface area (Å²) in [6, 6.07) is 6.03. The van der Waals surface area contributed by atoms with Crippen molar-refractivity contribution < 1.29 is 0 Å². The Morgan fingerprint density at radius 2 is 2.00 bits per heavy atom. The van der Waals surface area contributed by atoms with Gasteiger partial charge in [-0.05, 0) is 57.6 Å². The fourth-order valence-corrected chi connectivity index (χ4v) is 2.76. The van der Waals surface area contributed by atoms with Crippen molar-refractivity contribution in [3.05, 3.63) is 29.5 Å². The maximum atomic E-state index is 6.01. The fourth-order valence-electron chi connectivity index (χ4n) is 2.62. The van der Waals surface area contributed by atoms with Crippen LogP contribution >= 0.6 is 11.6 Å². The third-order valence-electron chi connectivity index (χ3n) is 3.96. The molecule has 0 aliphatic rings. The second-order valence-corrected chi connectivity index (χ2v) is 5.96. The lowest BCUT2D eigenvalue weighted by Crippen LogP contribution is -2.25. The van der Waals surface area contributed by atoms with Gasteiger partial charge in [-0.3, -0.25) is 4.98 Å². The minimum Gasteiger partial charge on any atom is -0.381 e. The van der Waals surface area contributed by atoms with Gasteiger partial charge in [0, 0.05) is 12.2 Å². The Hall–Kier alpha value is -1.39. The minimum atomic E-state index is 0.391. The average Bonchev–Trinajstić information content (AvgIpc) is 2.52. The Kier molecular flexibility index (Phi) is 6.40. The van der Waals surface area contributed by atoms with Crippen LogP contribution in [0.4, 0.5) is 5.69 Å². The maximum absolute atomic E-state index is 6.01. The molecule has 0 aromatic carbocycles. The predicted octanol–water partition coefficient (Wildman–Crippen LogP) is 4.21. The summed E-state index contributed by atoms with van der Waals surface area (Å²) in [7, 11) is 0. The van der Waals surface area contributed by atoms with E-state index in [1.165, 1.54) is 6.42 Å². The highest BCUT2D eigenvalue weighted by atomic mass is 35.5. The molecule has 0 fully saturated rings. The highest BCUT2D eigenvalue weighted by Crippen LogP contribution is 2.22. The molecule has 0 aliphatic carbocycles. The number of aromatic nitrogens is 2. The van der Waals surface area contributed by atoms with Gasteiger partial charge in [-0.1, -0.05) is 25.4 Å². The van der Waals surface area contributed by atoms with Gasteiger partial charge in [0.05, 0.1) is 11.2 Å². The van der Waals surface area contributed by atoms with E-state index >= 15 is 0 Å². The summed E-state index contributed by atoms with van der Waals surface area (Å²) in [4.78, 5) is 11.2. The molecule has 5 heteroatoms. The lowest BCUT2D eigenvalue weighted by Gasteiger charge is -2.20. The van der Waals surface area contributed by atoms with Crippen molar-refractivity contribution in [3.63, 3.8) is 0 Å². The van der Waals surface area contributed by atoms with Crippen molar-refractivity contribution in [1.82, 2.24) is 14.9 Å². The molecule has 1 N–H and O–H groups in total. The smallest absolute Gasteiger partial charge is 0.130 e. The van der Waals surface area contributed by atoms with Crippen molar-refractivity contribution >= 4 is 28.3 Å². The molecule has 0 saturated heterocycles. The van der Waals surface area contributed by atoms with Gasteiger partial charge < -0.3 is 10.2 Å². The lowest BCUT2D eigenvalue weighted by atomic mass is 10.1. The molecule has 120 valence electrons. The van der Waals surface area contributed by atoms with Gasteiger partial charge in [0.25, 0.3) is 0 Å². The lowest BCUT2D eigenvalue weighted by molar-refractivity contribution is 0.295. The Morgan fingerprint density at radius 3 is 2.73 bits per heavy atom. The van der Waals surface area contributed by atoms with E-state index in [-0.39, 0.29) is 0 Å². The van der Waals surface area contributed by atoms with Crippen LogP contribution in [0.2, 0.25) is 5.15 Å². The van der Waals surface area contributed by atoms with E-state index in [4.69, 9.17) is 11.6 Å². The standard InChI is InChI=1S/C17H25ClN4/c1-4-22(5-2)12-6-7-13(3)20-15-10-11-19-14-8-9-16(18)21-17(14)15/h8-11,13H,4-7,12H2,1-3H3,(H,19,20). The molecule has 4 nitrogen and oxygen atoms in total. The number of nitrogens with zero attached hydrogens (tertiary/aromatic N) is 3. The molecule has 2 rings (SSSR count). The molecule has 1 unspecified atom stereocenters. The maximum Gasteiger partial charge on any atom is 0.130 e. The Bertz CT molecular complexity index is 598. The van der Waals surface area contributed by atoms with E-state index in [1.54, 1.807) is 6.07 Å². The van der Waals surface area contributed by atoms with Crippen LogP contribution in [0, 0.1) is 0 Å². The largest absolute Gasteiger partial charge is 0.381 e. The summed E-state index contributed by atoms with van der Waals surface area (Å²) in [5.41, 5.74) is 2.71. The van der Waals surface area contributed by atoms with Crippen LogP contribution in [0.5, 0.6) is 0 Å². The van der Waals surface area contributed by atoms with Gasteiger partial charge in [-0.15, -0.1) is 0 Å². The molecular formula is C17H25ClN4. The number of pyridine rings is 2. The Labute approximate surface area is 137 Å². The molecule has 2 aromatic heterocycles. The molecule has 0 radical (unpaired) electrons. The van der Waals surface area contributed by atoms with Gasteiger partial charge in [-0.2, -0.15) is 0 Å². The van der Waals surface area contributed by atoms with Crippen LogP contribution < -0.4 is 5.32 Å². The summed E-state index contributed by atoms with van der Waals surface area (Å²) in [6.45, 7) is 10.0. The molecule has 0 saturated carbocycles. The van der Waals surface area contributed by atoms with Crippen molar-refractivity contribution in [2.75, 3.05) is 25.0 Å². The zero-order chi connectivity index (χ0) is 15.9. The summed E-state index contributed by atoms with van der Waals surface area (Å²) >= 11 is 6.01. The van der Waals surface area contributed by atoms with Crippen LogP contribution in [0.3, 0.4) is 0 Å². The van der Waals surface area contributed by atoms with Crippen LogP contribution in [0.25, 0.3) is 11.0 Å². The summed E-state index contributed by atoms with van der Waals surface area (Å²) in [5.74, 6) is 0. The number of halogens is 1. The van der Waals surface area contributed by atoms with Crippen molar-refractivity contribution in [2.45, 2.75) is 39.7 Å². The second-order valence-electron chi connectivity index (χ2n) is 5.57. The minimum absolute atomic E-state index is 0.391. The van der Waals surface area contributed by atoms with Crippen molar-refractivity contribution in [2.24, 2.45) is 0 Å². The van der Waals surface area contributed by atoms with Crippen LogP contribution in [0.15, 0.2) is 24.4 Å². The van der Waals surface area contributed by atoms with Crippen molar-refractivity contribution in [3.8, 4) is 0 Å². The zero-order valence-electron chi connectivity index (χ0n) is 13.6. The van der Waals surface area contributed by atoms with Crippen LogP contribution in [-0.4, -0.2) is 40.5 Å². The van der Waals surface area contributed by atoms with Gasteiger partial charge in [0.2, 0.25) is 0 Å². The number of hydrogen-bond acceptors (Lipinski definition) is 4. The Morgan fingerprint density at radius 1 is 1.23 bits per heavy atom. The summed E-state index contributed by atoms with van der Waals surface area (Å²) in [6.07, 6.45) is 4.12. The van der Waals surface area contributed by atoms with Gasteiger partial charge in [-0.25, -0.2) is 4.98 Å². The normalized spacial score (nSPS) is 12.8. The first-order valence-electron chi connectivity index (χ1n) is 8.04. The van der Waals surface area contributed by atoms with E-state index in [9.17, 15) is 0 Å². The van der Waals surface area contributed by atoms with E-state index in [0.29, 0.717) is 11.2 Å². The average molecular weight is 321 g/mol. The van der Waals surface area contributed by atoms with E-state index < -0.39 is 0 Å². The third-order valence-corrected chi connectivity index (χ3v) is 4.17. The molecule has 0 bridgehead atoms. The SMILES string of the molecule is CCN(CC)CCCC(C)Nc1ccnc2ccc(Cl)nc12. The molecule has 0 spiro atoms. The van der Waals surface area contributed by atoms with Gasteiger partial charge in [0.15, 0.2) is 0 Å². The number of nitrogens with one attached hydrogen (secondary N) is 1. The first-order chi connectivity index (χ1) is 10.6. The van der Waals surface area contributed by atoms with Crippen LogP contribution in [-0.2, 0) is 0 Å². The van der Waals surface area contributed by atoms with Gasteiger partial charge >= 0.3 is 0 Å². The molecular weight excluding hydrogens is 296 g/mol. The predicted molar refractivity (Wildman–Crippen MR) is 94.7 cm³/mol.